The smallest absolute Gasteiger partial charge is 0.268 e. The maximum atomic E-state index is 11.5. The second kappa shape index (κ2) is 4.47. The minimum atomic E-state index is -0.562. The van der Waals surface area contributed by atoms with Crippen molar-refractivity contribution in [1.29, 1.82) is 0 Å². The van der Waals surface area contributed by atoms with Gasteiger partial charge in [0, 0.05) is 16.5 Å². The Morgan fingerprint density at radius 3 is 2.59 bits per heavy atom. The Labute approximate surface area is 102 Å². The molecule has 2 aromatic rings. The second-order valence-electron chi connectivity index (χ2n) is 3.50. The normalized spacial score (nSPS) is 10.2. The summed E-state index contributed by atoms with van der Waals surface area (Å²) < 4.78 is 0. The van der Waals surface area contributed by atoms with Gasteiger partial charge in [0.25, 0.3) is 5.91 Å². The van der Waals surface area contributed by atoms with Crippen LogP contribution in [0.3, 0.4) is 0 Å². The number of hydrogen-bond donors (Lipinski definition) is 1. The van der Waals surface area contributed by atoms with Gasteiger partial charge in [-0.25, -0.2) is 4.98 Å². The number of benzene rings is 1. The molecule has 0 saturated carbocycles. The van der Waals surface area contributed by atoms with Gasteiger partial charge in [-0.2, -0.15) is 0 Å². The van der Waals surface area contributed by atoms with Crippen LogP contribution in [0.15, 0.2) is 29.6 Å². The van der Waals surface area contributed by atoms with E-state index in [1.165, 1.54) is 18.3 Å². The summed E-state index contributed by atoms with van der Waals surface area (Å²) >= 11 is 1.30. The van der Waals surface area contributed by atoms with Crippen LogP contribution in [-0.4, -0.2) is 16.7 Å². The molecule has 0 fully saturated rings. The van der Waals surface area contributed by atoms with Crippen LogP contribution in [0.1, 0.15) is 27.8 Å². The van der Waals surface area contributed by atoms with E-state index in [0.29, 0.717) is 10.6 Å². The van der Waals surface area contributed by atoms with E-state index in [9.17, 15) is 9.59 Å². The van der Waals surface area contributed by atoms with E-state index < -0.39 is 5.91 Å². The van der Waals surface area contributed by atoms with Gasteiger partial charge in [-0.3, -0.25) is 9.59 Å². The van der Waals surface area contributed by atoms with Gasteiger partial charge < -0.3 is 5.73 Å². The van der Waals surface area contributed by atoms with E-state index in [0.717, 1.165) is 5.56 Å². The third kappa shape index (κ3) is 2.24. The number of carbonyl (C=O) groups excluding carboxylic acids is 2. The van der Waals surface area contributed by atoms with Crippen LogP contribution < -0.4 is 5.73 Å². The zero-order valence-electron chi connectivity index (χ0n) is 9.14. The van der Waals surface area contributed by atoms with Gasteiger partial charge in [-0.05, 0) is 6.92 Å². The summed E-state index contributed by atoms with van der Waals surface area (Å²) in [5.41, 5.74) is 6.70. The molecular weight excluding hydrogens is 236 g/mol. The minimum Gasteiger partial charge on any atom is -0.364 e. The molecule has 2 N–H and O–H groups in total. The minimum absolute atomic E-state index is 0.0311. The number of Topliss-reactive ketones (excluding diaryl/α,β-unsaturated/α-hetero) is 1. The monoisotopic (exact) mass is 246 g/mol. The van der Waals surface area contributed by atoms with Crippen LogP contribution in [0.25, 0.3) is 10.6 Å². The number of hydrogen-bond acceptors (Lipinski definition) is 4. The molecule has 0 aliphatic heterocycles. The van der Waals surface area contributed by atoms with Crippen molar-refractivity contribution in [1.82, 2.24) is 4.98 Å². The third-order valence-electron chi connectivity index (χ3n) is 2.29. The Morgan fingerprint density at radius 1 is 1.29 bits per heavy atom. The number of ketones is 1. The van der Waals surface area contributed by atoms with E-state index in [1.54, 1.807) is 23.6 Å². The molecule has 0 spiro atoms. The fourth-order valence-electron chi connectivity index (χ4n) is 1.49. The third-order valence-corrected chi connectivity index (χ3v) is 3.17. The molecule has 86 valence electrons. The Bertz CT molecular complexity index is 590. The number of primary amides is 1. The van der Waals surface area contributed by atoms with Crippen molar-refractivity contribution < 1.29 is 9.59 Å². The van der Waals surface area contributed by atoms with Crippen LogP contribution in [-0.2, 0) is 0 Å². The maximum absolute atomic E-state index is 11.5. The predicted molar refractivity (Wildman–Crippen MR) is 66.1 cm³/mol. The molecule has 0 radical (unpaired) electrons. The SMILES string of the molecule is CC(=O)c1ccccc1-c1nc(C(N)=O)cs1. The zero-order chi connectivity index (χ0) is 12.4. The largest absolute Gasteiger partial charge is 0.364 e. The molecule has 4 nitrogen and oxygen atoms in total. The molecule has 0 unspecified atom stereocenters. The summed E-state index contributed by atoms with van der Waals surface area (Å²) in [5.74, 6) is -0.593. The maximum Gasteiger partial charge on any atom is 0.268 e. The molecule has 2 rings (SSSR count). The van der Waals surface area contributed by atoms with E-state index in [2.05, 4.69) is 4.98 Å². The second-order valence-corrected chi connectivity index (χ2v) is 4.36. The van der Waals surface area contributed by atoms with Gasteiger partial charge in [0.15, 0.2) is 5.78 Å². The molecule has 1 aromatic carbocycles. The summed E-state index contributed by atoms with van der Waals surface area (Å²) in [6.45, 7) is 1.50. The number of aromatic nitrogens is 1. The highest BCUT2D eigenvalue weighted by molar-refractivity contribution is 7.13. The van der Waals surface area contributed by atoms with Crippen molar-refractivity contribution in [3.63, 3.8) is 0 Å². The molecule has 0 atom stereocenters. The lowest BCUT2D eigenvalue weighted by molar-refractivity contribution is 0.0993. The Hall–Kier alpha value is -2.01. The van der Waals surface area contributed by atoms with Crippen LogP contribution >= 0.6 is 11.3 Å². The number of amides is 1. The Morgan fingerprint density at radius 2 is 2.00 bits per heavy atom. The molecule has 17 heavy (non-hydrogen) atoms. The molecule has 1 aromatic heterocycles. The first-order chi connectivity index (χ1) is 8.09. The Kier molecular flexibility index (Phi) is 3.01. The fourth-order valence-corrected chi connectivity index (χ4v) is 2.34. The van der Waals surface area contributed by atoms with E-state index >= 15 is 0 Å². The molecule has 0 aliphatic carbocycles. The van der Waals surface area contributed by atoms with Crippen molar-refractivity contribution in [2.45, 2.75) is 6.92 Å². The van der Waals surface area contributed by atoms with Crippen LogP contribution in [0.4, 0.5) is 0 Å². The molecule has 0 bridgehead atoms. The molecular formula is C12H10N2O2S. The predicted octanol–water partition coefficient (Wildman–Crippen LogP) is 2.11. The summed E-state index contributed by atoms with van der Waals surface area (Å²) in [4.78, 5) is 26.5. The lowest BCUT2D eigenvalue weighted by Gasteiger charge is -2.02. The number of rotatable bonds is 3. The molecule has 5 heteroatoms. The van der Waals surface area contributed by atoms with Crippen molar-refractivity contribution >= 4 is 23.0 Å². The van der Waals surface area contributed by atoms with Crippen LogP contribution in [0, 0.1) is 0 Å². The molecule has 1 heterocycles. The van der Waals surface area contributed by atoms with Gasteiger partial charge >= 0.3 is 0 Å². The van der Waals surface area contributed by atoms with Gasteiger partial charge in [0.2, 0.25) is 0 Å². The molecule has 0 aliphatic rings. The Balaban J connectivity index is 2.52. The van der Waals surface area contributed by atoms with Crippen LogP contribution in [0.2, 0.25) is 0 Å². The first-order valence-corrected chi connectivity index (χ1v) is 5.83. The van der Waals surface area contributed by atoms with E-state index in [1.807, 2.05) is 6.07 Å². The lowest BCUT2D eigenvalue weighted by atomic mass is 10.1. The number of carbonyl (C=O) groups is 2. The van der Waals surface area contributed by atoms with E-state index in [4.69, 9.17) is 5.73 Å². The summed E-state index contributed by atoms with van der Waals surface area (Å²) in [7, 11) is 0. The van der Waals surface area contributed by atoms with Crippen molar-refractivity contribution in [3.05, 3.63) is 40.9 Å². The van der Waals surface area contributed by atoms with Gasteiger partial charge in [-0.15, -0.1) is 11.3 Å². The summed E-state index contributed by atoms with van der Waals surface area (Å²) in [5, 5.41) is 2.22. The lowest BCUT2D eigenvalue weighted by Crippen LogP contribution is -2.11. The highest BCUT2D eigenvalue weighted by atomic mass is 32.1. The average molecular weight is 246 g/mol. The zero-order valence-corrected chi connectivity index (χ0v) is 9.95. The summed E-state index contributed by atoms with van der Waals surface area (Å²) in [6, 6.07) is 7.17. The highest BCUT2D eigenvalue weighted by Crippen LogP contribution is 2.27. The number of thiazole rings is 1. The van der Waals surface area contributed by atoms with Gasteiger partial charge in [0.05, 0.1) is 0 Å². The molecule has 1 amide bonds. The topological polar surface area (TPSA) is 73.1 Å². The molecule has 0 saturated heterocycles. The van der Waals surface area contributed by atoms with E-state index in [-0.39, 0.29) is 11.5 Å². The standard InChI is InChI=1S/C12H10N2O2S/c1-7(15)8-4-2-3-5-9(8)12-14-10(6-17-12)11(13)16/h2-6H,1H3,(H2,13,16). The van der Waals surface area contributed by atoms with Crippen molar-refractivity contribution in [2.24, 2.45) is 5.73 Å². The van der Waals surface area contributed by atoms with Crippen molar-refractivity contribution in [2.75, 3.05) is 0 Å². The first-order valence-electron chi connectivity index (χ1n) is 4.95. The van der Waals surface area contributed by atoms with Gasteiger partial charge in [0.1, 0.15) is 10.7 Å². The van der Waals surface area contributed by atoms with Crippen LogP contribution in [0.5, 0.6) is 0 Å². The highest BCUT2D eigenvalue weighted by Gasteiger charge is 2.13. The van der Waals surface area contributed by atoms with Crippen molar-refractivity contribution in [3.8, 4) is 10.6 Å². The average Bonchev–Trinajstić information content (AvgIpc) is 2.78. The number of nitrogens with two attached hydrogens (primary N) is 1. The summed E-state index contributed by atoms with van der Waals surface area (Å²) in [6.07, 6.45) is 0. The quantitative estimate of drug-likeness (QED) is 0.843. The number of nitrogens with zero attached hydrogens (tertiary/aromatic N) is 1. The first kappa shape index (κ1) is 11.5. The fraction of sp³-hybridized carbons (Fsp3) is 0.0833. The van der Waals surface area contributed by atoms with Gasteiger partial charge in [-0.1, -0.05) is 24.3 Å².